The zero-order valence-electron chi connectivity index (χ0n) is 18.9. The highest BCUT2D eigenvalue weighted by molar-refractivity contribution is 8.00. The minimum Gasteiger partial charge on any atom is -0.497 e. The molecule has 7 nitrogen and oxygen atoms in total. The number of esters is 1. The Kier molecular flexibility index (Phi) is 8.63. The average molecular weight is 448 g/mol. The average Bonchev–Trinajstić information content (AvgIpc) is 3.22. The SMILES string of the molecule is CCC[C@@H](Sc1nnc(-c2cc(OC)cc(OC)c2)n1C1CCCCC1)C(=O)OCC. The smallest absolute Gasteiger partial charge is 0.319 e. The molecular weight excluding hydrogens is 414 g/mol. The van der Waals surface area contributed by atoms with E-state index in [9.17, 15) is 4.79 Å². The van der Waals surface area contributed by atoms with Gasteiger partial charge in [-0.15, -0.1) is 10.2 Å². The summed E-state index contributed by atoms with van der Waals surface area (Å²) < 4.78 is 18.5. The standard InChI is InChI=1S/C23H33N3O4S/c1-5-10-20(22(27)30-6-2)31-23-25-24-21(26(23)17-11-8-7-9-12-17)16-13-18(28-3)15-19(14-16)29-4/h13-15,17,20H,5-12H2,1-4H3/t20-/m1/s1. The van der Waals surface area contributed by atoms with Crippen molar-refractivity contribution < 1.29 is 19.0 Å². The summed E-state index contributed by atoms with van der Waals surface area (Å²) in [5, 5.41) is 9.58. The number of ether oxygens (including phenoxy) is 3. The fourth-order valence-corrected chi connectivity index (χ4v) is 5.22. The van der Waals surface area contributed by atoms with Gasteiger partial charge in [-0.25, -0.2) is 0 Å². The number of carbonyl (C=O) groups is 1. The Morgan fingerprint density at radius 1 is 1.10 bits per heavy atom. The molecule has 0 amide bonds. The third kappa shape index (κ3) is 5.73. The Labute approximate surface area is 188 Å². The zero-order chi connectivity index (χ0) is 22.2. The first-order chi connectivity index (χ1) is 15.1. The molecule has 1 saturated carbocycles. The summed E-state index contributed by atoms with van der Waals surface area (Å²) in [5.74, 6) is 2.01. The summed E-state index contributed by atoms with van der Waals surface area (Å²) >= 11 is 1.47. The maximum absolute atomic E-state index is 12.5. The lowest BCUT2D eigenvalue weighted by Gasteiger charge is -2.26. The molecule has 1 aliphatic rings. The summed E-state index contributed by atoms with van der Waals surface area (Å²) in [6.07, 6.45) is 7.42. The predicted molar refractivity (Wildman–Crippen MR) is 122 cm³/mol. The van der Waals surface area contributed by atoms with Crippen molar-refractivity contribution in [1.82, 2.24) is 14.8 Å². The number of thioether (sulfide) groups is 1. The van der Waals surface area contributed by atoms with E-state index in [1.807, 2.05) is 25.1 Å². The second-order valence-corrected chi connectivity index (χ2v) is 8.89. The fourth-order valence-electron chi connectivity index (χ4n) is 4.01. The maximum atomic E-state index is 12.5. The van der Waals surface area contributed by atoms with Gasteiger partial charge < -0.3 is 14.2 Å². The molecule has 170 valence electrons. The van der Waals surface area contributed by atoms with Gasteiger partial charge in [0.15, 0.2) is 11.0 Å². The van der Waals surface area contributed by atoms with Crippen LogP contribution >= 0.6 is 11.8 Å². The third-order valence-electron chi connectivity index (χ3n) is 5.56. The summed E-state index contributed by atoms with van der Waals surface area (Å²) in [4.78, 5) is 12.5. The molecule has 0 spiro atoms. The number of hydrogen-bond acceptors (Lipinski definition) is 7. The van der Waals surface area contributed by atoms with E-state index in [4.69, 9.17) is 14.2 Å². The van der Waals surface area contributed by atoms with E-state index >= 15 is 0 Å². The Balaban J connectivity index is 2.03. The predicted octanol–water partition coefficient (Wildman–Crippen LogP) is 5.29. The van der Waals surface area contributed by atoms with Crippen molar-refractivity contribution in [3.8, 4) is 22.9 Å². The van der Waals surface area contributed by atoms with Crippen LogP contribution in [0.4, 0.5) is 0 Å². The summed E-state index contributed by atoms with van der Waals surface area (Å²) in [5.41, 5.74) is 0.893. The number of rotatable bonds is 10. The fraction of sp³-hybridized carbons (Fsp3) is 0.609. The number of aromatic nitrogens is 3. The Bertz CT molecular complexity index is 842. The van der Waals surface area contributed by atoms with Crippen molar-refractivity contribution in [1.29, 1.82) is 0 Å². The number of carbonyl (C=O) groups excluding carboxylic acids is 1. The van der Waals surface area contributed by atoms with Gasteiger partial charge in [0.1, 0.15) is 16.7 Å². The molecule has 1 aliphatic carbocycles. The largest absolute Gasteiger partial charge is 0.497 e. The lowest BCUT2D eigenvalue weighted by atomic mass is 9.95. The minimum absolute atomic E-state index is 0.183. The monoisotopic (exact) mass is 447 g/mol. The molecule has 1 aromatic heterocycles. The number of benzene rings is 1. The lowest BCUT2D eigenvalue weighted by Crippen LogP contribution is -2.22. The van der Waals surface area contributed by atoms with Crippen LogP contribution in [0.2, 0.25) is 0 Å². The molecule has 0 saturated heterocycles. The van der Waals surface area contributed by atoms with Gasteiger partial charge in [0.05, 0.1) is 20.8 Å². The van der Waals surface area contributed by atoms with Gasteiger partial charge in [-0.3, -0.25) is 9.36 Å². The molecule has 1 heterocycles. The normalized spacial score (nSPS) is 15.5. The van der Waals surface area contributed by atoms with E-state index < -0.39 is 0 Å². The highest BCUT2D eigenvalue weighted by atomic mass is 32.2. The van der Waals surface area contributed by atoms with Crippen molar-refractivity contribution in [2.45, 2.75) is 75.2 Å². The Morgan fingerprint density at radius 3 is 2.35 bits per heavy atom. The highest BCUT2D eigenvalue weighted by Crippen LogP contribution is 2.39. The molecule has 0 bridgehead atoms. The van der Waals surface area contributed by atoms with Gasteiger partial charge in [-0.1, -0.05) is 44.4 Å². The molecule has 1 aromatic carbocycles. The molecule has 0 N–H and O–H groups in total. The van der Waals surface area contributed by atoms with E-state index in [0.29, 0.717) is 24.1 Å². The third-order valence-corrected chi connectivity index (χ3v) is 6.76. The number of nitrogens with zero attached hydrogens (tertiary/aromatic N) is 3. The molecule has 8 heteroatoms. The molecule has 1 atom stereocenters. The summed E-state index contributed by atoms with van der Waals surface area (Å²) in [7, 11) is 3.28. The summed E-state index contributed by atoms with van der Waals surface area (Å²) in [6, 6.07) is 6.06. The van der Waals surface area contributed by atoms with Crippen LogP contribution in [0.3, 0.4) is 0 Å². The van der Waals surface area contributed by atoms with Gasteiger partial charge in [0, 0.05) is 17.7 Å². The first-order valence-corrected chi connectivity index (χ1v) is 12.0. The molecule has 2 aromatic rings. The molecular formula is C23H33N3O4S. The molecule has 1 fully saturated rings. The van der Waals surface area contributed by atoms with Crippen molar-refractivity contribution in [3.05, 3.63) is 18.2 Å². The first kappa shape index (κ1) is 23.4. The van der Waals surface area contributed by atoms with Gasteiger partial charge in [-0.05, 0) is 38.3 Å². The van der Waals surface area contributed by atoms with Crippen LogP contribution in [0.5, 0.6) is 11.5 Å². The number of methoxy groups -OCH3 is 2. The van der Waals surface area contributed by atoms with Gasteiger partial charge >= 0.3 is 5.97 Å². The second-order valence-electron chi connectivity index (χ2n) is 7.72. The van der Waals surface area contributed by atoms with Crippen LogP contribution in [-0.4, -0.2) is 46.8 Å². The zero-order valence-corrected chi connectivity index (χ0v) is 19.7. The topological polar surface area (TPSA) is 75.5 Å². The Hall–Kier alpha value is -2.22. The van der Waals surface area contributed by atoms with E-state index in [1.54, 1.807) is 14.2 Å². The number of hydrogen-bond donors (Lipinski definition) is 0. The van der Waals surface area contributed by atoms with Gasteiger partial charge in [0.2, 0.25) is 0 Å². The van der Waals surface area contributed by atoms with Crippen LogP contribution in [0.1, 0.15) is 64.8 Å². The summed E-state index contributed by atoms with van der Waals surface area (Å²) in [6.45, 7) is 4.29. The van der Waals surface area contributed by atoms with E-state index in [2.05, 4.69) is 21.7 Å². The van der Waals surface area contributed by atoms with Crippen molar-refractivity contribution in [3.63, 3.8) is 0 Å². The molecule has 0 radical (unpaired) electrons. The van der Waals surface area contributed by atoms with Crippen LogP contribution in [0, 0.1) is 0 Å². The maximum Gasteiger partial charge on any atom is 0.319 e. The molecule has 3 rings (SSSR count). The lowest BCUT2D eigenvalue weighted by molar-refractivity contribution is -0.142. The van der Waals surface area contributed by atoms with E-state index in [1.165, 1.54) is 31.0 Å². The van der Waals surface area contributed by atoms with E-state index in [-0.39, 0.29) is 11.2 Å². The van der Waals surface area contributed by atoms with Crippen molar-refractivity contribution >= 4 is 17.7 Å². The highest BCUT2D eigenvalue weighted by Gasteiger charge is 2.28. The van der Waals surface area contributed by atoms with Crippen molar-refractivity contribution in [2.24, 2.45) is 0 Å². The molecule has 0 unspecified atom stereocenters. The molecule has 31 heavy (non-hydrogen) atoms. The minimum atomic E-state index is -0.288. The van der Waals surface area contributed by atoms with Gasteiger partial charge in [0.25, 0.3) is 0 Å². The molecule has 0 aliphatic heterocycles. The van der Waals surface area contributed by atoms with Gasteiger partial charge in [-0.2, -0.15) is 0 Å². The van der Waals surface area contributed by atoms with Crippen molar-refractivity contribution in [2.75, 3.05) is 20.8 Å². The van der Waals surface area contributed by atoms with Crippen LogP contribution in [0.15, 0.2) is 23.4 Å². The van der Waals surface area contributed by atoms with E-state index in [0.717, 1.165) is 42.2 Å². The Morgan fingerprint density at radius 2 is 1.77 bits per heavy atom. The van der Waals surface area contributed by atoms with Crippen LogP contribution < -0.4 is 9.47 Å². The second kappa shape index (κ2) is 11.4. The first-order valence-electron chi connectivity index (χ1n) is 11.1. The van der Waals surface area contributed by atoms with Crippen LogP contribution in [0.25, 0.3) is 11.4 Å². The quantitative estimate of drug-likeness (QED) is 0.362. The van der Waals surface area contributed by atoms with Crippen LogP contribution in [-0.2, 0) is 9.53 Å².